The Morgan fingerprint density at radius 3 is 2.76 bits per heavy atom. The van der Waals surface area contributed by atoms with Gasteiger partial charge in [-0.2, -0.15) is 14.7 Å². The Bertz CT molecular complexity index is 809. The van der Waals surface area contributed by atoms with Gasteiger partial charge in [-0.1, -0.05) is 11.6 Å². The molecule has 0 atom stereocenters. The van der Waals surface area contributed by atoms with E-state index in [1.165, 1.54) is 25.2 Å². The van der Waals surface area contributed by atoms with Gasteiger partial charge in [0.25, 0.3) is 0 Å². The number of aryl methyl sites for hydroxylation is 1. The summed E-state index contributed by atoms with van der Waals surface area (Å²) in [7, 11) is -2.44. The second-order valence-electron chi connectivity index (χ2n) is 4.36. The van der Waals surface area contributed by atoms with Crippen LogP contribution in [-0.2, 0) is 16.6 Å². The highest BCUT2D eigenvalue weighted by Gasteiger charge is 2.25. The van der Waals surface area contributed by atoms with E-state index >= 15 is 0 Å². The number of aromatic amines is 1. The maximum atomic E-state index is 12.5. The molecule has 0 fully saturated rings. The van der Waals surface area contributed by atoms with Gasteiger partial charge >= 0.3 is 0 Å². The molecule has 0 saturated heterocycles. The summed E-state index contributed by atoms with van der Waals surface area (Å²) in [4.78, 5) is 3.94. The van der Waals surface area contributed by atoms with Crippen LogP contribution in [0.4, 0.5) is 0 Å². The standard InChI is InChI=1S/C12H12ClN5O2S/c1-8-15-12(17-16-8)7-18(2)21(19,20)11-5-9(6-14)3-4-10(11)13/h3-5H,7H2,1-2H3,(H,15,16,17). The van der Waals surface area contributed by atoms with Gasteiger partial charge in [-0.25, -0.2) is 13.4 Å². The van der Waals surface area contributed by atoms with Gasteiger partial charge in [0, 0.05) is 7.05 Å². The zero-order valence-corrected chi connectivity index (χ0v) is 12.9. The number of aromatic nitrogens is 3. The third-order valence-electron chi connectivity index (χ3n) is 2.76. The Labute approximate surface area is 127 Å². The third kappa shape index (κ3) is 3.21. The van der Waals surface area contributed by atoms with Crippen molar-refractivity contribution in [2.75, 3.05) is 7.05 Å². The Balaban J connectivity index is 2.35. The molecule has 1 aromatic heterocycles. The van der Waals surface area contributed by atoms with E-state index in [1.54, 1.807) is 6.92 Å². The SMILES string of the molecule is Cc1nc(CN(C)S(=O)(=O)c2cc(C#N)ccc2Cl)n[nH]1. The van der Waals surface area contributed by atoms with Crippen molar-refractivity contribution in [3.63, 3.8) is 0 Å². The first-order valence-corrected chi connectivity index (χ1v) is 7.70. The predicted molar refractivity (Wildman–Crippen MR) is 75.9 cm³/mol. The van der Waals surface area contributed by atoms with Crippen molar-refractivity contribution in [2.24, 2.45) is 0 Å². The van der Waals surface area contributed by atoms with Crippen molar-refractivity contribution in [3.05, 3.63) is 40.4 Å². The summed E-state index contributed by atoms with van der Waals surface area (Å²) in [6.07, 6.45) is 0. The van der Waals surface area contributed by atoms with Crippen molar-refractivity contribution in [3.8, 4) is 6.07 Å². The fraction of sp³-hybridized carbons (Fsp3) is 0.250. The van der Waals surface area contributed by atoms with Crippen LogP contribution in [0.15, 0.2) is 23.1 Å². The molecule has 0 spiro atoms. The molecule has 0 saturated carbocycles. The molecular formula is C12H12ClN5O2S. The lowest BCUT2D eigenvalue weighted by molar-refractivity contribution is 0.457. The average Bonchev–Trinajstić information content (AvgIpc) is 2.84. The van der Waals surface area contributed by atoms with E-state index in [9.17, 15) is 8.42 Å². The largest absolute Gasteiger partial charge is 0.263 e. The van der Waals surface area contributed by atoms with Crippen LogP contribution in [0.5, 0.6) is 0 Å². The van der Waals surface area contributed by atoms with Crippen LogP contribution < -0.4 is 0 Å². The second kappa shape index (κ2) is 5.81. The van der Waals surface area contributed by atoms with Crippen LogP contribution >= 0.6 is 11.6 Å². The average molecular weight is 326 g/mol. The normalized spacial score (nSPS) is 11.6. The van der Waals surface area contributed by atoms with E-state index in [0.717, 1.165) is 4.31 Å². The first-order valence-electron chi connectivity index (χ1n) is 5.88. The third-order valence-corrected chi connectivity index (χ3v) is 5.04. The summed E-state index contributed by atoms with van der Waals surface area (Å²) < 4.78 is 26.1. The van der Waals surface area contributed by atoms with Crippen LogP contribution in [0, 0.1) is 18.3 Å². The molecule has 21 heavy (non-hydrogen) atoms. The van der Waals surface area contributed by atoms with Crippen LogP contribution in [0.25, 0.3) is 0 Å². The van der Waals surface area contributed by atoms with E-state index in [1.807, 2.05) is 6.07 Å². The summed E-state index contributed by atoms with van der Waals surface area (Å²) in [5.41, 5.74) is 0.222. The number of H-pyrrole nitrogens is 1. The summed E-state index contributed by atoms with van der Waals surface area (Å²) in [5, 5.41) is 15.5. The quantitative estimate of drug-likeness (QED) is 0.916. The number of rotatable bonds is 4. The minimum Gasteiger partial charge on any atom is -0.263 e. The molecule has 1 N–H and O–H groups in total. The number of hydrogen-bond donors (Lipinski definition) is 1. The molecule has 1 heterocycles. The first kappa shape index (κ1) is 15.4. The molecule has 9 heteroatoms. The Morgan fingerprint density at radius 2 is 2.19 bits per heavy atom. The van der Waals surface area contributed by atoms with Crippen molar-refractivity contribution < 1.29 is 8.42 Å². The predicted octanol–water partition coefficient (Wildman–Crippen LogP) is 1.46. The molecule has 0 aliphatic rings. The summed E-state index contributed by atoms with van der Waals surface area (Å²) in [6.45, 7) is 1.72. The second-order valence-corrected chi connectivity index (χ2v) is 6.78. The lowest BCUT2D eigenvalue weighted by Crippen LogP contribution is -2.27. The van der Waals surface area contributed by atoms with Crippen LogP contribution in [0.1, 0.15) is 17.2 Å². The molecule has 110 valence electrons. The van der Waals surface area contributed by atoms with E-state index < -0.39 is 10.0 Å². The van der Waals surface area contributed by atoms with Gasteiger partial charge in [0.2, 0.25) is 10.0 Å². The Morgan fingerprint density at radius 1 is 1.48 bits per heavy atom. The molecule has 1 aromatic carbocycles. The molecule has 2 aromatic rings. The van der Waals surface area contributed by atoms with Gasteiger partial charge in [-0.3, -0.25) is 5.10 Å². The zero-order chi connectivity index (χ0) is 15.6. The maximum Gasteiger partial charge on any atom is 0.244 e. The van der Waals surface area contributed by atoms with E-state index in [0.29, 0.717) is 11.6 Å². The van der Waals surface area contributed by atoms with Crippen molar-refractivity contribution in [1.29, 1.82) is 5.26 Å². The number of halogens is 1. The Hall–Kier alpha value is -1.95. The summed E-state index contributed by atoms with van der Waals surface area (Å²) >= 11 is 5.94. The molecule has 0 aliphatic carbocycles. The smallest absolute Gasteiger partial charge is 0.244 e. The minimum atomic E-state index is -3.83. The Kier molecular flexibility index (Phi) is 4.27. The lowest BCUT2D eigenvalue weighted by atomic mass is 10.2. The molecule has 2 rings (SSSR count). The molecule has 0 radical (unpaired) electrons. The lowest BCUT2D eigenvalue weighted by Gasteiger charge is -2.16. The highest BCUT2D eigenvalue weighted by atomic mass is 35.5. The summed E-state index contributed by atoms with van der Waals surface area (Å²) in [6, 6.07) is 5.98. The number of nitriles is 1. The monoisotopic (exact) mass is 325 g/mol. The molecular weight excluding hydrogens is 314 g/mol. The number of hydrogen-bond acceptors (Lipinski definition) is 5. The van der Waals surface area contributed by atoms with Gasteiger partial charge in [-0.15, -0.1) is 0 Å². The van der Waals surface area contributed by atoms with Gasteiger partial charge in [0.1, 0.15) is 10.7 Å². The molecule has 0 unspecified atom stereocenters. The van der Waals surface area contributed by atoms with Gasteiger partial charge in [0.15, 0.2) is 5.82 Å². The fourth-order valence-corrected chi connectivity index (χ4v) is 3.30. The van der Waals surface area contributed by atoms with Crippen LogP contribution in [0.3, 0.4) is 0 Å². The number of nitrogens with one attached hydrogen (secondary N) is 1. The van der Waals surface area contributed by atoms with Gasteiger partial charge < -0.3 is 0 Å². The minimum absolute atomic E-state index is 0.000215. The van der Waals surface area contributed by atoms with Crippen LogP contribution in [-0.4, -0.2) is 35.0 Å². The fourth-order valence-electron chi connectivity index (χ4n) is 1.68. The molecule has 0 amide bonds. The van der Waals surface area contributed by atoms with Crippen LogP contribution in [0.2, 0.25) is 5.02 Å². The van der Waals surface area contributed by atoms with E-state index in [-0.39, 0.29) is 22.0 Å². The number of benzene rings is 1. The molecule has 0 bridgehead atoms. The number of sulfonamides is 1. The van der Waals surface area contributed by atoms with E-state index in [2.05, 4.69) is 15.2 Å². The number of nitrogens with zero attached hydrogens (tertiary/aromatic N) is 4. The first-order chi connectivity index (χ1) is 9.84. The molecule has 7 nitrogen and oxygen atoms in total. The highest BCUT2D eigenvalue weighted by Crippen LogP contribution is 2.25. The zero-order valence-electron chi connectivity index (χ0n) is 11.3. The van der Waals surface area contributed by atoms with E-state index in [4.69, 9.17) is 16.9 Å². The van der Waals surface area contributed by atoms with Crippen molar-refractivity contribution >= 4 is 21.6 Å². The highest BCUT2D eigenvalue weighted by molar-refractivity contribution is 7.89. The van der Waals surface area contributed by atoms with Gasteiger partial charge in [0.05, 0.1) is 23.2 Å². The molecule has 0 aliphatic heterocycles. The van der Waals surface area contributed by atoms with Gasteiger partial charge in [-0.05, 0) is 25.1 Å². The summed E-state index contributed by atoms with van der Waals surface area (Å²) in [5.74, 6) is 0.950. The maximum absolute atomic E-state index is 12.5. The van der Waals surface area contributed by atoms with Crippen molar-refractivity contribution in [2.45, 2.75) is 18.4 Å². The van der Waals surface area contributed by atoms with Crippen molar-refractivity contribution in [1.82, 2.24) is 19.5 Å². The topological polar surface area (TPSA) is 103 Å².